The van der Waals surface area contributed by atoms with Gasteiger partial charge < -0.3 is 19.0 Å². The maximum absolute atomic E-state index is 10.5. The van der Waals surface area contributed by atoms with Crippen LogP contribution in [-0.2, 0) is 20.5 Å². The lowest BCUT2D eigenvalue weighted by Gasteiger charge is -2.41. The summed E-state index contributed by atoms with van der Waals surface area (Å²) in [4.78, 5) is 0. The van der Waals surface area contributed by atoms with Crippen molar-refractivity contribution in [2.75, 3.05) is 13.2 Å². The van der Waals surface area contributed by atoms with Crippen LogP contribution in [0.1, 0.15) is 46.1 Å². The smallest absolute Gasteiger partial charge is 0.192 e. The summed E-state index contributed by atoms with van der Waals surface area (Å²) >= 11 is 0. The van der Waals surface area contributed by atoms with Gasteiger partial charge in [0.15, 0.2) is 8.32 Å². The molecule has 4 atom stereocenters. The van der Waals surface area contributed by atoms with Gasteiger partial charge in [-0.25, -0.2) is 0 Å². The van der Waals surface area contributed by atoms with Crippen molar-refractivity contribution in [1.29, 1.82) is 0 Å². The van der Waals surface area contributed by atoms with E-state index in [2.05, 4.69) is 52.9 Å². The molecule has 1 saturated heterocycles. The van der Waals surface area contributed by atoms with Crippen LogP contribution in [0.25, 0.3) is 0 Å². The molecule has 1 fully saturated rings. The molecule has 0 radical (unpaired) electrons. The second kappa shape index (κ2) is 9.66. The molecule has 0 saturated carbocycles. The molecule has 5 heteroatoms. The third kappa shape index (κ3) is 6.68. The van der Waals surface area contributed by atoms with Gasteiger partial charge in [0.25, 0.3) is 0 Å². The van der Waals surface area contributed by atoms with Crippen molar-refractivity contribution in [1.82, 2.24) is 0 Å². The van der Waals surface area contributed by atoms with E-state index in [1.165, 1.54) is 5.56 Å². The molecular formula is C22H38O4Si. The molecule has 1 heterocycles. The first kappa shape index (κ1) is 22.6. The quantitative estimate of drug-likeness (QED) is 0.510. The molecule has 0 unspecified atom stereocenters. The first-order valence-electron chi connectivity index (χ1n) is 10.2. The summed E-state index contributed by atoms with van der Waals surface area (Å²) < 4.78 is 18.4. The van der Waals surface area contributed by atoms with Gasteiger partial charge in [-0.2, -0.15) is 0 Å². The Bertz CT molecular complexity index is 555. The highest BCUT2D eigenvalue weighted by molar-refractivity contribution is 6.74. The van der Waals surface area contributed by atoms with E-state index in [0.29, 0.717) is 25.7 Å². The fourth-order valence-electron chi connectivity index (χ4n) is 3.11. The largest absolute Gasteiger partial charge is 0.414 e. The van der Waals surface area contributed by atoms with Crippen molar-refractivity contribution >= 4 is 8.32 Å². The Morgan fingerprint density at radius 2 is 1.81 bits per heavy atom. The predicted molar refractivity (Wildman–Crippen MR) is 112 cm³/mol. The van der Waals surface area contributed by atoms with Gasteiger partial charge in [-0.3, -0.25) is 0 Å². The molecule has 0 bridgehead atoms. The Kier molecular flexibility index (Phi) is 8.07. The van der Waals surface area contributed by atoms with E-state index in [1.54, 1.807) is 0 Å². The Labute approximate surface area is 166 Å². The second-order valence-corrected chi connectivity index (χ2v) is 14.2. The average molecular weight is 395 g/mol. The van der Waals surface area contributed by atoms with Crippen LogP contribution in [0.2, 0.25) is 18.1 Å². The van der Waals surface area contributed by atoms with Crippen LogP contribution in [0.15, 0.2) is 30.3 Å². The highest BCUT2D eigenvalue weighted by Crippen LogP contribution is 2.37. The van der Waals surface area contributed by atoms with Crippen molar-refractivity contribution in [2.24, 2.45) is 5.92 Å². The number of hydrogen-bond donors (Lipinski definition) is 1. The lowest BCUT2D eigenvalue weighted by molar-refractivity contribution is -0.159. The van der Waals surface area contributed by atoms with Crippen molar-refractivity contribution in [3.05, 3.63) is 35.9 Å². The van der Waals surface area contributed by atoms with Crippen LogP contribution < -0.4 is 0 Å². The van der Waals surface area contributed by atoms with Crippen LogP contribution in [0.4, 0.5) is 0 Å². The topological polar surface area (TPSA) is 47.9 Å². The normalized spacial score (nSPS) is 26.9. The van der Waals surface area contributed by atoms with E-state index in [4.69, 9.17) is 13.9 Å². The highest BCUT2D eigenvalue weighted by atomic mass is 28.4. The molecule has 4 nitrogen and oxygen atoms in total. The van der Waals surface area contributed by atoms with Crippen LogP contribution in [-0.4, -0.2) is 44.9 Å². The number of hydrogen-bond acceptors (Lipinski definition) is 4. The molecule has 1 N–H and O–H groups in total. The third-order valence-electron chi connectivity index (χ3n) is 6.10. The van der Waals surface area contributed by atoms with Gasteiger partial charge in [0.05, 0.1) is 25.4 Å². The van der Waals surface area contributed by atoms with E-state index >= 15 is 0 Å². The van der Waals surface area contributed by atoms with Crippen LogP contribution in [0, 0.1) is 5.92 Å². The van der Waals surface area contributed by atoms with Gasteiger partial charge in [-0.05, 0) is 42.5 Å². The molecule has 1 aromatic rings. The lowest BCUT2D eigenvalue weighted by atomic mass is 9.90. The Morgan fingerprint density at radius 1 is 1.15 bits per heavy atom. The van der Waals surface area contributed by atoms with Crippen molar-refractivity contribution < 1.29 is 19.0 Å². The standard InChI is InChI=1S/C22H38O4Si/c1-17-14-19(23)21(16-25-27(5,6)22(2,3)4)26-20(17)12-13-24-15-18-10-8-7-9-11-18/h7-11,17,19-21,23H,12-16H2,1-6H3/t17-,19-,20-,21+/m0/s1. The molecule has 154 valence electrons. The Hall–Kier alpha value is -0.723. The monoisotopic (exact) mass is 394 g/mol. The lowest BCUT2D eigenvalue weighted by Crippen LogP contribution is -2.49. The third-order valence-corrected chi connectivity index (χ3v) is 10.6. The maximum Gasteiger partial charge on any atom is 0.192 e. The molecule has 2 rings (SSSR count). The SMILES string of the molecule is C[C@H]1C[C@H](O)[C@@H](CO[Si](C)(C)C(C)(C)C)O[C@H]1CCOCc1ccccc1. The zero-order valence-corrected chi connectivity index (χ0v) is 18.9. The van der Waals surface area contributed by atoms with Crippen LogP contribution >= 0.6 is 0 Å². The predicted octanol–water partition coefficient (Wildman–Crippen LogP) is 4.77. The van der Waals surface area contributed by atoms with E-state index in [9.17, 15) is 5.11 Å². The fourth-order valence-corrected chi connectivity index (χ4v) is 4.12. The minimum absolute atomic E-state index is 0.109. The summed E-state index contributed by atoms with van der Waals surface area (Å²) in [6.07, 6.45) is 1.02. The minimum Gasteiger partial charge on any atom is -0.414 e. The van der Waals surface area contributed by atoms with Crippen LogP contribution in [0.3, 0.4) is 0 Å². The highest BCUT2D eigenvalue weighted by Gasteiger charge is 2.40. The number of aliphatic hydroxyl groups is 1. The Morgan fingerprint density at radius 3 is 2.44 bits per heavy atom. The first-order valence-corrected chi connectivity index (χ1v) is 13.1. The number of rotatable bonds is 8. The van der Waals surface area contributed by atoms with Crippen LogP contribution in [0.5, 0.6) is 0 Å². The zero-order valence-electron chi connectivity index (χ0n) is 17.9. The summed E-state index contributed by atoms with van der Waals surface area (Å²) in [6.45, 7) is 15.1. The molecule has 1 aromatic carbocycles. The molecular weight excluding hydrogens is 356 g/mol. The summed E-state index contributed by atoms with van der Waals surface area (Å²) in [5.74, 6) is 0.324. The number of benzene rings is 1. The van der Waals surface area contributed by atoms with Gasteiger partial charge in [0.2, 0.25) is 0 Å². The molecule has 0 spiro atoms. The second-order valence-electron chi connectivity index (χ2n) is 9.39. The molecule has 0 aromatic heterocycles. The zero-order chi connectivity index (χ0) is 20.1. The van der Waals surface area contributed by atoms with E-state index < -0.39 is 14.4 Å². The first-order chi connectivity index (χ1) is 12.6. The Balaban J connectivity index is 1.80. The summed E-state index contributed by atoms with van der Waals surface area (Å²) in [7, 11) is -1.84. The molecule has 0 amide bonds. The number of aliphatic hydroxyl groups excluding tert-OH is 1. The summed E-state index contributed by atoms with van der Waals surface area (Å²) in [6, 6.07) is 10.2. The number of ether oxygens (including phenoxy) is 2. The van der Waals surface area contributed by atoms with Crippen molar-refractivity contribution in [3.63, 3.8) is 0 Å². The van der Waals surface area contributed by atoms with Crippen molar-refractivity contribution in [3.8, 4) is 0 Å². The molecule has 0 aliphatic carbocycles. The fraction of sp³-hybridized carbons (Fsp3) is 0.727. The average Bonchev–Trinajstić information content (AvgIpc) is 2.59. The molecule has 1 aliphatic heterocycles. The summed E-state index contributed by atoms with van der Waals surface area (Å²) in [5, 5.41) is 10.6. The van der Waals surface area contributed by atoms with Gasteiger partial charge in [0.1, 0.15) is 6.10 Å². The molecule has 1 aliphatic rings. The van der Waals surface area contributed by atoms with Gasteiger partial charge >= 0.3 is 0 Å². The van der Waals surface area contributed by atoms with E-state index in [1.807, 2.05) is 18.2 Å². The summed E-state index contributed by atoms with van der Waals surface area (Å²) in [5.41, 5.74) is 1.19. The van der Waals surface area contributed by atoms with Gasteiger partial charge in [-0.1, -0.05) is 58.0 Å². The molecule has 27 heavy (non-hydrogen) atoms. The van der Waals surface area contributed by atoms with Crippen molar-refractivity contribution in [2.45, 2.75) is 83.6 Å². The van der Waals surface area contributed by atoms with Gasteiger partial charge in [-0.15, -0.1) is 0 Å². The maximum atomic E-state index is 10.5. The van der Waals surface area contributed by atoms with Gasteiger partial charge in [0, 0.05) is 6.61 Å². The minimum atomic E-state index is -1.84. The van der Waals surface area contributed by atoms with E-state index in [0.717, 1.165) is 12.8 Å². The van der Waals surface area contributed by atoms with E-state index in [-0.39, 0.29) is 17.2 Å².